The molecule has 1 unspecified atom stereocenters. The third-order valence-electron chi connectivity index (χ3n) is 3.45. The molecule has 0 aromatic heterocycles. The van der Waals surface area contributed by atoms with Crippen LogP contribution in [0.4, 0.5) is 4.39 Å². The van der Waals surface area contributed by atoms with Gasteiger partial charge in [-0.1, -0.05) is 11.6 Å². The van der Waals surface area contributed by atoms with Gasteiger partial charge in [0.1, 0.15) is 5.82 Å². The van der Waals surface area contributed by atoms with Crippen molar-refractivity contribution in [3.8, 4) is 11.5 Å². The minimum Gasteiger partial charge on any atom is -0.493 e. The van der Waals surface area contributed by atoms with Crippen molar-refractivity contribution in [3.63, 3.8) is 0 Å². The molecule has 0 aliphatic heterocycles. The van der Waals surface area contributed by atoms with Gasteiger partial charge in [0.15, 0.2) is 17.6 Å². The van der Waals surface area contributed by atoms with Crippen LogP contribution in [0.2, 0.25) is 5.02 Å². The molecule has 0 bridgehead atoms. The standard InChI is InChI=1S/C18H16ClFO5/c1-10(16(21)11-4-6-13(20)7-5-11)25-18(22)12-8-14(19)17(24-3)15(9-12)23-2/h4-10H,1-3H3. The van der Waals surface area contributed by atoms with Crippen LogP contribution in [0.15, 0.2) is 36.4 Å². The molecule has 2 aromatic rings. The van der Waals surface area contributed by atoms with Crippen molar-refractivity contribution in [3.05, 3.63) is 58.4 Å². The van der Waals surface area contributed by atoms with E-state index < -0.39 is 23.7 Å². The Balaban J connectivity index is 2.17. The number of rotatable bonds is 6. The normalized spacial score (nSPS) is 11.6. The van der Waals surface area contributed by atoms with Gasteiger partial charge in [-0.3, -0.25) is 4.79 Å². The number of esters is 1. The van der Waals surface area contributed by atoms with E-state index in [9.17, 15) is 14.0 Å². The van der Waals surface area contributed by atoms with Crippen LogP contribution in [0.1, 0.15) is 27.6 Å². The highest BCUT2D eigenvalue weighted by Gasteiger charge is 2.22. The molecular formula is C18H16ClFO5. The third kappa shape index (κ3) is 4.28. The first-order valence-corrected chi connectivity index (χ1v) is 7.67. The molecule has 0 spiro atoms. The highest BCUT2D eigenvalue weighted by molar-refractivity contribution is 6.32. The number of carbonyl (C=O) groups is 2. The number of ketones is 1. The molecule has 0 amide bonds. The highest BCUT2D eigenvalue weighted by Crippen LogP contribution is 2.36. The number of Topliss-reactive ketones (excluding diaryl/α,β-unsaturated/α-hetero) is 1. The number of hydrogen-bond acceptors (Lipinski definition) is 5. The predicted molar refractivity (Wildman–Crippen MR) is 90.2 cm³/mol. The zero-order valence-corrected chi connectivity index (χ0v) is 14.6. The molecule has 0 radical (unpaired) electrons. The second kappa shape index (κ2) is 7.98. The summed E-state index contributed by atoms with van der Waals surface area (Å²) >= 11 is 6.05. The van der Waals surface area contributed by atoms with Crippen molar-refractivity contribution in [1.29, 1.82) is 0 Å². The average molecular weight is 367 g/mol. The maximum absolute atomic E-state index is 12.9. The summed E-state index contributed by atoms with van der Waals surface area (Å²) in [4.78, 5) is 24.5. The number of methoxy groups -OCH3 is 2. The van der Waals surface area contributed by atoms with Crippen LogP contribution in [0.5, 0.6) is 11.5 Å². The molecule has 0 aliphatic carbocycles. The summed E-state index contributed by atoms with van der Waals surface area (Å²) in [5.74, 6) is -1.09. The Kier molecular flexibility index (Phi) is 5.98. The number of halogens is 2. The molecule has 0 heterocycles. The molecule has 5 nitrogen and oxygen atoms in total. The number of ether oxygens (including phenoxy) is 3. The van der Waals surface area contributed by atoms with Crippen LogP contribution in [0.25, 0.3) is 0 Å². The third-order valence-corrected chi connectivity index (χ3v) is 3.73. The van der Waals surface area contributed by atoms with E-state index in [1.807, 2.05) is 0 Å². The SMILES string of the molecule is COc1cc(C(=O)OC(C)C(=O)c2ccc(F)cc2)cc(Cl)c1OC. The van der Waals surface area contributed by atoms with Crippen molar-refractivity contribution in [2.24, 2.45) is 0 Å². The molecular weight excluding hydrogens is 351 g/mol. The monoisotopic (exact) mass is 366 g/mol. The molecule has 7 heteroatoms. The predicted octanol–water partition coefficient (Wildman–Crippen LogP) is 3.92. The molecule has 0 saturated carbocycles. The van der Waals surface area contributed by atoms with E-state index in [-0.39, 0.29) is 27.6 Å². The second-order valence-electron chi connectivity index (χ2n) is 5.11. The van der Waals surface area contributed by atoms with Crippen molar-refractivity contribution in [2.45, 2.75) is 13.0 Å². The first kappa shape index (κ1) is 18.7. The van der Waals surface area contributed by atoms with Gasteiger partial charge in [0, 0.05) is 5.56 Å². The first-order valence-electron chi connectivity index (χ1n) is 7.29. The van der Waals surface area contributed by atoms with Crippen LogP contribution >= 0.6 is 11.6 Å². The van der Waals surface area contributed by atoms with Gasteiger partial charge in [-0.15, -0.1) is 0 Å². The largest absolute Gasteiger partial charge is 0.493 e. The van der Waals surface area contributed by atoms with Gasteiger partial charge in [0.25, 0.3) is 0 Å². The van der Waals surface area contributed by atoms with E-state index in [0.29, 0.717) is 0 Å². The van der Waals surface area contributed by atoms with E-state index in [1.54, 1.807) is 0 Å². The average Bonchev–Trinajstić information content (AvgIpc) is 2.60. The van der Waals surface area contributed by atoms with E-state index in [2.05, 4.69) is 0 Å². The van der Waals surface area contributed by atoms with E-state index >= 15 is 0 Å². The lowest BCUT2D eigenvalue weighted by molar-refractivity contribution is 0.0318. The van der Waals surface area contributed by atoms with Crippen molar-refractivity contribution < 1.29 is 28.2 Å². The summed E-state index contributed by atoms with van der Waals surface area (Å²) in [5.41, 5.74) is 0.355. The fraction of sp³-hybridized carbons (Fsp3) is 0.222. The topological polar surface area (TPSA) is 61.8 Å². The Labute approximate surface area is 149 Å². The fourth-order valence-corrected chi connectivity index (χ4v) is 2.45. The minimum absolute atomic E-state index is 0.112. The summed E-state index contributed by atoms with van der Waals surface area (Å²) < 4.78 is 28.3. The molecule has 1 atom stereocenters. The number of carbonyl (C=O) groups excluding carboxylic acids is 2. The highest BCUT2D eigenvalue weighted by atomic mass is 35.5. The van der Waals surface area contributed by atoms with Gasteiger partial charge in [0.2, 0.25) is 5.78 Å². The Morgan fingerprint density at radius 3 is 2.24 bits per heavy atom. The molecule has 0 fully saturated rings. The maximum atomic E-state index is 12.9. The lowest BCUT2D eigenvalue weighted by Gasteiger charge is -2.14. The van der Waals surface area contributed by atoms with Gasteiger partial charge in [-0.05, 0) is 43.3 Å². The van der Waals surface area contributed by atoms with Crippen LogP contribution in [0, 0.1) is 5.82 Å². The molecule has 0 saturated heterocycles. The number of hydrogen-bond donors (Lipinski definition) is 0. The van der Waals surface area contributed by atoms with Crippen LogP contribution in [0.3, 0.4) is 0 Å². The van der Waals surface area contributed by atoms with E-state index in [1.165, 1.54) is 45.4 Å². The Morgan fingerprint density at radius 2 is 1.68 bits per heavy atom. The van der Waals surface area contributed by atoms with E-state index in [0.717, 1.165) is 12.1 Å². The summed E-state index contributed by atoms with van der Waals surface area (Å²) in [6, 6.07) is 7.75. The van der Waals surface area contributed by atoms with Crippen molar-refractivity contribution in [2.75, 3.05) is 14.2 Å². The van der Waals surface area contributed by atoms with Crippen LogP contribution in [-0.4, -0.2) is 32.1 Å². The van der Waals surface area contributed by atoms with Gasteiger partial charge >= 0.3 is 5.97 Å². The van der Waals surface area contributed by atoms with Gasteiger partial charge in [-0.2, -0.15) is 0 Å². The van der Waals surface area contributed by atoms with Gasteiger partial charge in [-0.25, -0.2) is 9.18 Å². The number of benzene rings is 2. The second-order valence-corrected chi connectivity index (χ2v) is 5.52. The maximum Gasteiger partial charge on any atom is 0.339 e. The van der Waals surface area contributed by atoms with Crippen molar-refractivity contribution in [1.82, 2.24) is 0 Å². The molecule has 2 aromatic carbocycles. The quantitative estimate of drug-likeness (QED) is 0.572. The van der Waals surface area contributed by atoms with Gasteiger partial charge < -0.3 is 14.2 Å². The summed E-state index contributed by atoms with van der Waals surface area (Å²) in [7, 11) is 2.83. The smallest absolute Gasteiger partial charge is 0.339 e. The molecule has 0 N–H and O–H groups in total. The van der Waals surface area contributed by atoms with Crippen LogP contribution in [-0.2, 0) is 4.74 Å². The Hall–Kier alpha value is -2.60. The first-order chi connectivity index (χ1) is 11.9. The Morgan fingerprint density at radius 1 is 1.04 bits per heavy atom. The summed E-state index contributed by atoms with van der Waals surface area (Å²) in [6.07, 6.45) is -1.05. The molecule has 25 heavy (non-hydrogen) atoms. The summed E-state index contributed by atoms with van der Waals surface area (Å²) in [6.45, 7) is 1.44. The fourth-order valence-electron chi connectivity index (χ4n) is 2.17. The minimum atomic E-state index is -1.05. The van der Waals surface area contributed by atoms with Crippen molar-refractivity contribution >= 4 is 23.4 Å². The van der Waals surface area contributed by atoms with Crippen LogP contribution < -0.4 is 9.47 Å². The van der Waals surface area contributed by atoms with Gasteiger partial charge in [0.05, 0.1) is 24.8 Å². The zero-order chi connectivity index (χ0) is 18.6. The lowest BCUT2D eigenvalue weighted by atomic mass is 10.1. The molecule has 132 valence electrons. The van der Waals surface area contributed by atoms with E-state index in [4.69, 9.17) is 25.8 Å². The lowest BCUT2D eigenvalue weighted by Crippen LogP contribution is -2.24. The molecule has 2 rings (SSSR count). The Bertz CT molecular complexity index is 789. The zero-order valence-electron chi connectivity index (χ0n) is 13.8. The summed E-state index contributed by atoms with van der Waals surface area (Å²) in [5, 5.41) is 0.173. The molecule has 0 aliphatic rings.